The summed E-state index contributed by atoms with van der Waals surface area (Å²) in [5.41, 5.74) is 7.14. The summed E-state index contributed by atoms with van der Waals surface area (Å²) in [7, 11) is 0. The molecule has 0 saturated carbocycles. The molecule has 5 nitrogen and oxygen atoms in total. The summed E-state index contributed by atoms with van der Waals surface area (Å²) >= 11 is 0. The fourth-order valence-electron chi connectivity index (χ4n) is 2.16. The number of nitrogens with zero attached hydrogens (tertiary/aromatic N) is 2. The van der Waals surface area contributed by atoms with Gasteiger partial charge in [-0.3, -0.25) is 9.78 Å². The Morgan fingerprint density at radius 2 is 2.06 bits per heavy atom. The molecule has 1 aliphatic rings. The zero-order chi connectivity index (χ0) is 12.4. The number of aromatic amines is 1. The van der Waals surface area contributed by atoms with E-state index in [9.17, 15) is 4.79 Å². The van der Waals surface area contributed by atoms with Gasteiger partial charge in [0, 0.05) is 24.3 Å². The van der Waals surface area contributed by atoms with Gasteiger partial charge in [0.1, 0.15) is 0 Å². The van der Waals surface area contributed by atoms with Crippen molar-refractivity contribution >= 4 is 5.95 Å². The summed E-state index contributed by atoms with van der Waals surface area (Å²) in [6.45, 7) is 6.28. The Labute approximate surface area is 101 Å². The van der Waals surface area contributed by atoms with Crippen molar-refractivity contribution in [2.24, 2.45) is 11.7 Å². The van der Waals surface area contributed by atoms with Gasteiger partial charge < -0.3 is 10.6 Å². The lowest BCUT2D eigenvalue weighted by Gasteiger charge is -2.31. The van der Waals surface area contributed by atoms with Gasteiger partial charge in [0.2, 0.25) is 5.95 Å². The van der Waals surface area contributed by atoms with Gasteiger partial charge in [-0.25, -0.2) is 4.98 Å². The number of aromatic nitrogens is 2. The lowest BCUT2D eigenvalue weighted by Crippen LogP contribution is -2.38. The van der Waals surface area contributed by atoms with Crippen molar-refractivity contribution in [2.45, 2.75) is 26.7 Å². The first-order valence-corrected chi connectivity index (χ1v) is 6.14. The number of piperidine rings is 1. The van der Waals surface area contributed by atoms with Crippen LogP contribution >= 0.6 is 0 Å². The molecule has 0 aromatic carbocycles. The van der Waals surface area contributed by atoms with E-state index in [1.165, 1.54) is 0 Å². The van der Waals surface area contributed by atoms with Gasteiger partial charge in [-0.2, -0.15) is 0 Å². The fourth-order valence-corrected chi connectivity index (χ4v) is 2.16. The molecule has 0 aliphatic carbocycles. The summed E-state index contributed by atoms with van der Waals surface area (Å²) in [6.07, 6.45) is 2.15. The highest BCUT2D eigenvalue weighted by Gasteiger charge is 2.20. The average Bonchev–Trinajstić information content (AvgIpc) is 2.35. The number of H-pyrrole nitrogens is 1. The van der Waals surface area contributed by atoms with Crippen LogP contribution in [0.25, 0.3) is 0 Å². The van der Waals surface area contributed by atoms with E-state index in [1.54, 1.807) is 6.92 Å². The van der Waals surface area contributed by atoms with E-state index in [1.807, 2.05) is 6.92 Å². The molecule has 1 aliphatic heterocycles. The third-order valence-electron chi connectivity index (χ3n) is 3.63. The van der Waals surface area contributed by atoms with Crippen molar-refractivity contribution in [1.29, 1.82) is 0 Å². The smallest absolute Gasteiger partial charge is 0.255 e. The molecular weight excluding hydrogens is 216 g/mol. The molecule has 0 radical (unpaired) electrons. The van der Waals surface area contributed by atoms with Gasteiger partial charge in [0.05, 0.1) is 0 Å². The maximum absolute atomic E-state index is 11.7. The highest BCUT2D eigenvalue weighted by Crippen LogP contribution is 2.19. The zero-order valence-electron chi connectivity index (χ0n) is 10.5. The second-order valence-electron chi connectivity index (χ2n) is 4.77. The van der Waals surface area contributed by atoms with Gasteiger partial charge in [-0.05, 0) is 39.2 Å². The first kappa shape index (κ1) is 12.1. The number of rotatable bonds is 2. The third-order valence-corrected chi connectivity index (χ3v) is 3.63. The van der Waals surface area contributed by atoms with Crippen LogP contribution in [-0.2, 0) is 0 Å². The number of nitrogens with two attached hydrogens (primary N) is 1. The zero-order valence-corrected chi connectivity index (χ0v) is 10.5. The average molecular weight is 236 g/mol. The third kappa shape index (κ3) is 2.49. The first-order chi connectivity index (χ1) is 8.11. The molecule has 94 valence electrons. The van der Waals surface area contributed by atoms with Crippen molar-refractivity contribution in [3.05, 3.63) is 21.6 Å². The minimum absolute atomic E-state index is 0.0338. The molecule has 1 aromatic rings. The highest BCUT2D eigenvalue weighted by molar-refractivity contribution is 5.33. The summed E-state index contributed by atoms with van der Waals surface area (Å²) in [6, 6.07) is 0. The normalized spacial score (nSPS) is 17.5. The standard InChI is InChI=1S/C12H20N4O/c1-8-9(2)14-12(15-11(8)17)16-5-3-10(7-13)4-6-16/h10H,3-7,13H2,1-2H3,(H,14,15,17). The molecule has 1 fully saturated rings. The maximum atomic E-state index is 11.7. The summed E-state index contributed by atoms with van der Waals surface area (Å²) < 4.78 is 0. The van der Waals surface area contributed by atoms with Crippen LogP contribution in [0, 0.1) is 19.8 Å². The second kappa shape index (κ2) is 4.87. The predicted molar refractivity (Wildman–Crippen MR) is 68.3 cm³/mol. The van der Waals surface area contributed by atoms with Crippen LogP contribution in [0.5, 0.6) is 0 Å². The van der Waals surface area contributed by atoms with E-state index >= 15 is 0 Å². The van der Waals surface area contributed by atoms with Crippen LogP contribution in [-0.4, -0.2) is 29.6 Å². The number of nitrogens with one attached hydrogen (secondary N) is 1. The molecule has 1 aromatic heterocycles. The van der Waals surface area contributed by atoms with Crippen LogP contribution in [0.15, 0.2) is 4.79 Å². The quantitative estimate of drug-likeness (QED) is 0.787. The largest absolute Gasteiger partial charge is 0.342 e. The Morgan fingerprint density at radius 3 is 2.59 bits per heavy atom. The van der Waals surface area contributed by atoms with E-state index < -0.39 is 0 Å². The topological polar surface area (TPSA) is 75.0 Å². The number of anilines is 1. The van der Waals surface area contributed by atoms with Gasteiger partial charge in [-0.1, -0.05) is 0 Å². The molecule has 2 heterocycles. The molecule has 0 bridgehead atoms. The van der Waals surface area contributed by atoms with Crippen molar-refractivity contribution in [1.82, 2.24) is 9.97 Å². The molecular formula is C12H20N4O. The van der Waals surface area contributed by atoms with Gasteiger partial charge >= 0.3 is 0 Å². The van der Waals surface area contributed by atoms with E-state index in [0.29, 0.717) is 17.4 Å². The lowest BCUT2D eigenvalue weighted by molar-refractivity contribution is 0.411. The Bertz CT molecular complexity index is 446. The minimum atomic E-state index is -0.0338. The predicted octanol–water partition coefficient (Wildman–Crippen LogP) is 0.562. The van der Waals surface area contributed by atoms with Crippen molar-refractivity contribution in [2.75, 3.05) is 24.5 Å². The summed E-state index contributed by atoms with van der Waals surface area (Å²) in [4.78, 5) is 21.1. The molecule has 5 heteroatoms. The Hall–Kier alpha value is -1.36. The van der Waals surface area contributed by atoms with Crippen LogP contribution in [0.3, 0.4) is 0 Å². The van der Waals surface area contributed by atoms with Gasteiger partial charge in [0.25, 0.3) is 5.56 Å². The van der Waals surface area contributed by atoms with E-state index in [4.69, 9.17) is 5.73 Å². The highest BCUT2D eigenvalue weighted by atomic mass is 16.1. The van der Waals surface area contributed by atoms with Crippen LogP contribution in [0.1, 0.15) is 24.1 Å². The van der Waals surface area contributed by atoms with Crippen LogP contribution in [0.4, 0.5) is 5.95 Å². The molecule has 17 heavy (non-hydrogen) atoms. The molecule has 0 unspecified atom stereocenters. The number of hydrogen-bond donors (Lipinski definition) is 2. The fraction of sp³-hybridized carbons (Fsp3) is 0.667. The van der Waals surface area contributed by atoms with Gasteiger partial charge in [0.15, 0.2) is 0 Å². The lowest BCUT2D eigenvalue weighted by atomic mass is 9.97. The van der Waals surface area contributed by atoms with E-state index in [2.05, 4.69) is 14.9 Å². The SMILES string of the molecule is Cc1nc(N2CCC(CN)CC2)[nH]c(=O)c1C. The van der Waals surface area contributed by atoms with Crippen molar-refractivity contribution in [3.8, 4) is 0 Å². The van der Waals surface area contributed by atoms with E-state index in [-0.39, 0.29) is 5.56 Å². The second-order valence-corrected chi connectivity index (χ2v) is 4.77. The molecule has 3 N–H and O–H groups in total. The van der Waals surface area contributed by atoms with Crippen molar-refractivity contribution in [3.63, 3.8) is 0 Å². The molecule has 2 rings (SSSR count). The molecule has 0 amide bonds. The van der Waals surface area contributed by atoms with E-state index in [0.717, 1.165) is 38.2 Å². The Balaban J connectivity index is 2.16. The number of aryl methyl sites for hydroxylation is 1. The van der Waals surface area contributed by atoms with Crippen LogP contribution < -0.4 is 16.2 Å². The minimum Gasteiger partial charge on any atom is -0.342 e. The molecule has 1 saturated heterocycles. The van der Waals surface area contributed by atoms with Crippen LogP contribution in [0.2, 0.25) is 0 Å². The van der Waals surface area contributed by atoms with Gasteiger partial charge in [-0.15, -0.1) is 0 Å². The first-order valence-electron chi connectivity index (χ1n) is 6.14. The Kier molecular flexibility index (Phi) is 3.47. The molecule has 0 atom stereocenters. The molecule has 0 spiro atoms. The summed E-state index contributed by atoms with van der Waals surface area (Å²) in [5, 5.41) is 0. The number of hydrogen-bond acceptors (Lipinski definition) is 4. The van der Waals surface area contributed by atoms with Crippen molar-refractivity contribution < 1.29 is 0 Å². The summed E-state index contributed by atoms with van der Waals surface area (Å²) in [5.74, 6) is 1.32. The Morgan fingerprint density at radius 1 is 1.41 bits per heavy atom. The monoisotopic (exact) mass is 236 g/mol. The maximum Gasteiger partial charge on any atom is 0.255 e.